The van der Waals surface area contributed by atoms with E-state index in [0.29, 0.717) is 5.69 Å². The van der Waals surface area contributed by atoms with Crippen LogP contribution in [0.2, 0.25) is 0 Å². The highest BCUT2D eigenvalue weighted by atomic mass is 16.5. The van der Waals surface area contributed by atoms with E-state index in [1.54, 1.807) is 18.0 Å². The summed E-state index contributed by atoms with van der Waals surface area (Å²) >= 11 is 0. The number of benzene rings is 2. The van der Waals surface area contributed by atoms with Crippen LogP contribution in [0.5, 0.6) is 5.75 Å². The minimum atomic E-state index is -0.180. The Labute approximate surface area is 163 Å². The molecule has 6 nitrogen and oxygen atoms in total. The highest BCUT2D eigenvalue weighted by Gasteiger charge is 2.18. The molecule has 0 saturated heterocycles. The molecule has 4 aromatic rings. The Morgan fingerprint density at radius 1 is 1.14 bits per heavy atom. The average molecular weight is 374 g/mol. The zero-order valence-electron chi connectivity index (χ0n) is 16.1. The number of carbonyl (C=O) groups is 1. The van der Waals surface area contributed by atoms with E-state index in [4.69, 9.17) is 4.74 Å². The van der Waals surface area contributed by atoms with Crippen LogP contribution in [0.25, 0.3) is 16.6 Å². The lowest BCUT2D eigenvalue weighted by Gasteiger charge is -2.18. The monoisotopic (exact) mass is 374 g/mol. The Bertz CT molecular complexity index is 1130. The summed E-state index contributed by atoms with van der Waals surface area (Å²) in [5.41, 5.74) is 3.53. The van der Waals surface area contributed by atoms with Gasteiger partial charge in [-0.15, -0.1) is 0 Å². The summed E-state index contributed by atoms with van der Waals surface area (Å²) in [6, 6.07) is 17.3. The molecule has 1 amide bonds. The van der Waals surface area contributed by atoms with E-state index >= 15 is 0 Å². The van der Waals surface area contributed by atoms with Crippen molar-refractivity contribution >= 4 is 16.8 Å². The third kappa shape index (κ3) is 3.13. The molecule has 0 aliphatic rings. The van der Waals surface area contributed by atoms with E-state index in [0.717, 1.165) is 27.9 Å². The molecule has 4 rings (SSSR count). The number of amides is 1. The van der Waals surface area contributed by atoms with Gasteiger partial charge < -0.3 is 14.6 Å². The van der Waals surface area contributed by atoms with Crippen LogP contribution in [0.4, 0.5) is 0 Å². The van der Waals surface area contributed by atoms with Gasteiger partial charge in [0, 0.05) is 30.3 Å². The maximum absolute atomic E-state index is 13.0. The molecule has 2 aromatic heterocycles. The molecule has 0 spiro atoms. The largest absolute Gasteiger partial charge is 0.497 e. The molecule has 6 heteroatoms. The minimum absolute atomic E-state index is 0.125. The first-order valence-corrected chi connectivity index (χ1v) is 9.12. The summed E-state index contributed by atoms with van der Waals surface area (Å²) in [6.07, 6.45) is 3.63. The Kier molecular flexibility index (Phi) is 4.61. The van der Waals surface area contributed by atoms with E-state index in [1.165, 1.54) is 0 Å². The number of aryl methyl sites for hydroxylation is 1. The quantitative estimate of drug-likeness (QED) is 0.577. The summed E-state index contributed by atoms with van der Waals surface area (Å²) in [5, 5.41) is 8.40. The predicted molar refractivity (Wildman–Crippen MR) is 109 cm³/mol. The third-order valence-corrected chi connectivity index (χ3v) is 4.98. The number of para-hydroxylation sites is 1. The Morgan fingerprint density at radius 3 is 2.71 bits per heavy atom. The van der Waals surface area contributed by atoms with Gasteiger partial charge in [-0.25, -0.2) is 4.68 Å². The molecule has 2 aromatic carbocycles. The van der Waals surface area contributed by atoms with Crippen molar-refractivity contribution < 1.29 is 9.53 Å². The molecular formula is C22H22N4O2. The van der Waals surface area contributed by atoms with Crippen molar-refractivity contribution in [3.05, 3.63) is 78.2 Å². The van der Waals surface area contributed by atoms with Crippen molar-refractivity contribution in [2.24, 2.45) is 7.05 Å². The normalized spacial score (nSPS) is 12.1. The summed E-state index contributed by atoms with van der Waals surface area (Å²) in [5.74, 6) is 0.645. The first kappa shape index (κ1) is 17.9. The Hall–Kier alpha value is -3.54. The van der Waals surface area contributed by atoms with E-state index in [-0.39, 0.29) is 11.9 Å². The summed E-state index contributed by atoms with van der Waals surface area (Å²) in [7, 11) is 3.53. The van der Waals surface area contributed by atoms with Crippen LogP contribution in [-0.2, 0) is 7.05 Å². The minimum Gasteiger partial charge on any atom is -0.497 e. The number of hydrogen-bond acceptors (Lipinski definition) is 3. The SMILES string of the molecule is COc1ccc2c(c1)cc(C(=O)NC(C)c1ccccc1-n1cccn1)n2C. The van der Waals surface area contributed by atoms with Gasteiger partial charge in [0.15, 0.2) is 0 Å². The first-order valence-electron chi connectivity index (χ1n) is 9.12. The summed E-state index contributed by atoms with van der Waals surface area (Å²) < 4.78 is 8.99. The molecule has 0 fully saturated rings. The topological polar surface area (TPSA) is 61.1 Å². The molecular weight excluding hydrogens is 352 g/mol. The molecule has 0 aliphatic carbocycles. The molecule has 0 bridgehead atoms. The molecule has 0 radical (unpaired) electrons. The molecule has 1 unspecified atom stereocenters. The first-order chi connectivity index (χ1) is 13.6. The van der Waals surface area contributed by atoms with Gasteiger partial charge in [-0.1, -0.05) is 18.2 Å². The number of rotatable bonds is 5. The van der Waals surface area contributed by atoms with Gasteiger partial charge >= 0.3 is 0 Å². The van der Waals surface area contributed by atoms with Gasteiger partial charge in [-0.2, -0.15) is 5.10 Å². The van der Waals surface area contributed by atoms with E-state index in [9.17, 15) is 4.79 Å². The lowest BCUT2D eigenvalue weighted by molar-refractivity contribution is 0.0932. The van der Waals surface area contributed by atoms with Gasteiger partial charge in [0.1, 0.15) is 11.4 Å². The molecule has 28 heavy (non-hydrogen) atoms. The summed E-state index contributed by atoms with van der Waals surface area (Å²) in [4.78, 5) is 13.0. The number of nitrogens with one attached hydrogen (secondary N) is 1. The van der Waals surface area contributed by atoms with Crippen molar-refractivity contribution in [1.82, 2.24) is 19.7 Å². The lowest BCUT2D eigenvalue weighted by Crippen LogP contribution is -2.28. The van der Waals surface area contributed by atoms with E-state index < -0.39 is 0 Å². The second kappa shape index (κ2) is 7.23. The molecule has 2 heterocycles. The van der Waals surface area contributed by atoms with Gasteiger partial charge in [0.25, 0.3) is 5.91 Å². The number of fused-ring (bicyclic) bond motifs is 1. The molecule has 1 N–H and O–H groups in total. The average Bonchev–Trinajstić information content (AvgIpc) is 3.36. The van der Waals surface area contributed by atoms with Crippen LogP contribution < -0.4 is 10.1 Å². The zero-order valence-corrected chi connectivity index (χ0v) is 16.1. The molecule has 1 atom stereocenters. The Balaban J connectivity index is 1.63. The molecule has 0 aliphatic heterocycles. The third-order valence-electron chi connectivity index (χ3n) is 4.98. The fraction of sp³-hybridized carbons (Fsp3) is 0.182. The number of methoxy groups -OCH3 is 1. The second-order valence-electron chi connectivity index (χ2n) is 6.72. The lowest BCUT2D eigenvalue weighted by atomic mass is 10.1. The number of hydrogen-bond donors (Lipinski definition) is 1. The predicted octanol–water partition coefficient (Wildman–Crippen LogP) is 3.86. The molecule has 0 saturated carbocycles. The van der Waals surface area contributed by atoms with Crippen LogP contribution in [0.3, 0.4) is 0 Å². The van der Waals surface area contributed by atoms with Crippen molar-refractivity contribution in [3.63, 3.8) is 0 Å². The smallest absolute Gasteiger partial charge is 0.268 e. The van der Waals surface area contributed by atoms with Gasteiger partial charge in [0.05, 0.1) is 18.8 Å². The van der Waals surface area contributed by atoms with Crippen molar-refractivity contribution in [3.8, 4) is 11.4 Å². The van der Waals surface area contributed by atoms with Gasteiger partial charge in [-0.3, -0.25) is 4.79 Å². The Morgan fingerprint density at radius 2 is 1.96 bits per heavy atom. The number of aromatic nitrogens is 3. The number of nitrogens with zero attached hydrogens (tertiary/aromatic N) is 3. The van der Waals surface area contributed by atoms with Crippen molar-refractivity contribution in [2.75, 3.05) is 7.11 Å². The molecule has 142 valence electrons. The fourth-order valence-electron chi connectivity index (χ4n) is 3.49. The maximum Gasteiger partial charge on any atom is 0.268 e. The van der Waals surface area contributed by atoms with Gasteiger partial charge in [-0.05, 0) is 48.9 Å². The van der Waals surface area contributed by atoms with E-state index in [2.05, 4.69) is 10.4 Å². The van der Waals surface area contributed by atoms with Crippen LogP contribution >= 0.6 is 0 Å². The van der Waals surface area contributed by atoms with Crippen molar-refractivity contribution in [2.45, 2.75) is 13.0 Å². The maximum atomic E-state index is 13.0. The van der Waals surface area contributed by atoms with Crippen LogP contribution in [0.15, 0.2) is 67.0 Å². The highest BCUT2D eigenvalue weighted by Crippen LogP contribution is 2.25. The van der Waals surface area contributed by atoms with Crippen molar-refractivity contribution in [1.29, 1.82) is 0 Å². The van der Waals surface area contributed by atoms with Gasteiger partial charge in [0.2, 0.25) is 0 Å². The number of ether oxygens (including phenoxy) is 1. The number of carbonyl (C=O) groups excluding carboxylic acids is 1. The summed E-state index contributed by atoms with van der Waals surface area (Å²) in [6.45, 7) is 1.98. The fourth-order valence-corrected chi connectivity index (χ4v) is 3.49. The van der Waals surface area contributed by atoms with Crippen LogP contribution in [0, 0.1) is 0 Å². The van der Waals surface area contributed by atoms with Crippen LogP contribution in [-0.4, -0.2) is 27.4 Å². The van der Waals surface area contributed by atoms with E-state index in [1.807, 2.05) is 79.3 Å². The zero-order chi connectivity index (χ0) is 19.7. The second-order valence-corrected chi connectivity index (χ2v) is 6.72. The standard InChI is InChI=1S/C22H22N4O2/c1-15(18-7-4-5-8-20(18)26-12-6-11-23-26)24-22(27)21-14-16-13-17(28-3)9-10-19(16)25(21)2/h4-15H,1-3H3,(H,24,27). The van der Waals surface area contributed by atoms with Crippen LogP contribution in [0.1, 0.15) is 29.0 Å². The highest BCUT2D eigenvalue weighted by molar-refractivity contribution is 5.99.